The molecule has 2 N–H and O–H groups in total. The Hall–Kier alpha value is -2.03. The molecular formula is C18H13Cl3N4O2S. The van der Waals surface area contributed by atoms with E-state index in [9.17, 15) is 9.59 Å². The van der Waals surface area contributed by atoms with Crippen LogP contribution in [0.4, 0.5) is 0 Å². The third-order valence-electron chi connectivity index (χ3n) is 3.83. The second-order valence-corrected chi connectivity index (χ2v) is 7.44. The zero-order chi connectivity index (χ0) is 20.3. The SMILES string of the molecule is CSc1ccc(-n2nc(C(=O)NNCl)c(=O)cc2-c2ccc(Cl)cc2Cl)cc1. The number of rotatable bonds is 5. The van der Waals surface area contributed by atoms with Crippen LogP contribution in [0.15, 0.2) is 58.2 Å². The lowest BCUT2D eigenvalue weighted by atomic mass is 10.1. The van der Waals surface area contributed by atoms with Gasteiger partial charge >= 0.3 is 0 Å². The minimum absolute atomic E-state index is 0.323. The number of hydrogen-bond acceptors (Lipinski definition) is 5. The molecule has 1 aromatic heterocycles. The number of halogens is 3. The molecule has 0 saturated heterocycles. The van der Waals surface area contributed by atoms with E-state index in [1.165, 1.54) is 10.7 Å². The molecule has 0 aliphatic carbocycles. The number of nitrogens with one attached hydrogen (secondary N) is 2. The maximum Gasteiger partial charge on any atom is 0.290 e. The molecule has 3 aromatic rings. The molecule has 3 rings (SSSR count). The summed E-state index contributed by atoms with van der Waals surface area (Å²) in [6.45, 7) is 0. The summed E-state index contributed by atoms with van der Waals surface area (Å²) in [5.41, 5.74) is 2.84. The van der Waals surface area contributed by atoms with Crippen molar-refractivity contribution in [2.45, 2.75) is 4.90 Å². The monoisotopic (exact) mass is 454 g/mol. The second-order valence-electron chi connectivity index (χ2n) is 5.53. The molecule has 0 saturated carbocycles. The van der Waals surface area contributed by atoms with E-state index in [-0.39, 0.29) is 5.69 Å². The quantitative estimate of drug-likeness (QED) is 0.340. The summed E-state index contributed by atoms with van der Waals surface area (Å²) in [5, 5.41) is 5.06. The van der Waals surface area contributed by atoms with Crippen LogP contribution in [0, 0.1) is 0 Å². The summed E-state index contributed by atoms with van der Waals surface area (Å²) in [4.78, 5) is 27.7. The lowest BCUT2D eigenvalue weighted by molar-refractivity contribution is 0.0938. The highest BCUT2D eigenvalue weighted by Gasteiger charge is 2.19. The Morgan fingerprint density at radius 1 is 1.11 bits per heavy atom. The van der Waals surface area contributed by atoms with Gasteiger partial charge in [0, 0.05) is 21.5 Å². The van der Waals surface area contributed by atoms with Crippen molar-refractivity contribution in [3.8, 4) is 16.9 Å². The summed E-state index contributed by atoms with van der Waals surface area (Å²) in [5.74, 6) is -0.761. The summed E-state index contributed by atoms with van der Waals surface area (Å²) in [6, 6.07) is 13.7. The van der Waals surface area contributed by atoms with Crippen LogP contribution in [0.1, 0.15) is 10.5 Å². The largest absolute Gasteiger partial charge is 0.290 e. The summed E-state index contributed by atoms with van der Waals surface area (Å²) >= 11 is 19.2. The standard InChI is InChI=1S/C18H13Cl3N4O2S/c1-28-12-5-3-11(4-6-12)25-15(13-7-2-10(19)8-14(13)20)9-16(26)17(23-25)18(27)22-24-21/h2-9,24H,1H3,(H,22,27). The van der Waals surface area contributed by atoms with E-state index in [2.05, 4.69) is 10.5 Å². The van der Waals surface area contributed by atoms with Gasteiger partial charge in [-0.05, 0) is 60.5 Å². The summed E-state index contributed by atoms with van der Waals surface area (Å²) in [6.07, 6.45) is 1.97. The predicted molar refractivity (Wildman–Crippen MR) is 114 cm³/mol. The van der Waals surface area contributed by atoms with E-state index in [1.54, 1.807) is 30.0 Å². The van der Waals surface area contributed by atoms with Gasteiger partial charge in [-0.3, -0.25) is 15.0 Å². The van der Waals surface area contributed by atoms with Crippen LogP contribution >= 0.6 is 46.7 Å². The Morgan fingerprint density at radius 3 is 2.43 bits per heavy atom. The molecule has 0 fully saturated rings. The predicted octanol–water partition coefficient (Wildman–Crippen LogP) is 4.32. The van der Waals surface area contributed by atoms with E-state index >= 15 is 0 Å². The Morgan fingerprint density at radius 2 is 1.82 bits per heavy atom. The molecule has 6 nitrogen and oxygen atoms in total. The van der Waals surface area contributed by atoms with Gasteiger partial charge in [-0.25, -0.2) is 4.68 Å². The van der Waals surface area contributed by atoms with E-state index in [4.69, 9.17) is 35.0 Å². The molecule has 28 heavy (non-hydrogen) atoms. The molecular weight excluding hydrogens is 443 g/mol. The first kappa shape index (κ1) is 20.7. The summed E-state index contributed by atoms with van der Waals surface area (Å²) in [7, 11) is 0. The fraction of sp³-hybridized carbons (Fsp3) is 0.0556. The number of nitrogens with zero attached hydrogens (tertiary/aromatic N) is 2. The van der Waals surface area contributed by atoms with Crippen LogP contribution in [0.2, 0.25) is 10.0 Å². The van der Waals surface area contributed by atoms with Crippen LogP contribution in [0.25, 0.3) is 16.9 Å². The molecule has 0 spiro atoms. The molecule has 1 amide bonds. The highest BCUT2D eigenvalue weighted by molar-refractivity contribution is 7.98. The molecule has 0 bridgehead atoms. The van der Waals surface area contributed by atoms with E-state index < -0.39 is 11.3 Å². The second kappa shape index (κ2) is 8.98. The first-order chi connectivity index (χ1) is 13.4. The van der Waals surface area contributed by atoms with Gasteiger partial charge in [-0.1, -0.05) is 23.2 Å². The van der Waals surface area contributed by atoms with Gasteiger partial charge in [-0.15, -0.1) is 16.7 Å². The van der Waals surface area contributed by atoms with Gasteiger partial charge in [0.1, 0.15) is 0 Å². The lowest BCUT2D eigenvalue weighted by Gasteiger charge is -2.15. The van der Waals surface area contributed by atoms with Crippen LogP contribution < -0.4 is 15.8 Å². The molecule has 10 heteroatoms. The van der Waals surface area contributed by atoms with E-state index in [0.29, 0.717) is 27.0 Å². The van der Waals surface area contributed by atoms with Crippen molar-refractivity contribution in [3.63, 3.8) is 0 Å². The average molecular weight is 456 g/mol. The van der Waals surface area contributed by atoms with Gasteiger partial charge in [-0.2, -0.15) is 5.10 Å². The van der Waals surface area contributed by atoms with Crippen molar-refractivity contribution >= 4 is 52.6 Å². The zero-order valence-corrected chi connectivity index (χ0v) is 17.5. The van der Waals surface area contributed by atoms with Crippen molar-refractivity contribution < 1.29 is 4.79 Å². The Balaban J connectivity index is 2.26. The number of hydrazine groups is 1. The Bertz CT molecular complexity index is 1090. The van der Waals surface area contributed by atoms with Crippen LogP contribution in [0.3, 0.4) is 0 Å². The molecule has 2 aromatic carbocycles. The normalized spacial score (nSPS) is 10.7. The molecule has 144 valence electrons. The highest BCUT2D eigenvalue weighted by Crippen LogP contribution is 2.31. The van der Waals surface area contributed by atoms with Gasteiger partial charge in [0.15, 0.2) is 5.69 Å². The third-order valence-corrected chi connectivity index (χ3v) is 5.22. The number of carbonyl (C=O) groups is 1. The molecule has 0 aliphatic heterocycles. The molecule has 0 unspecified atom stereocenters. The number of carbonyl (C=O) groups excluding carboxylic acids is 1. The molecule has 0 atom stereocenters. The summed E-state index contributed by atoms with van der Waals surface area (Å²) < 4.78 is 1.48. The van der Waals surface area contributed by atoms with Crippen molar-refractivity contribution in [1.29, 1.82) is 0 Å². The fourth-order valence-corrected chi connectivity index (χ4v) is 3.52. The zero-order valence-electron chi connectivity index (χ0n) is 14.4. The van der Waals surface area contributed by atoms with Crippen molar-refractivity contribution in [2.75, 3.05) is 6.26 Å². The van der Waals surface area contributed by atoms with Gasteiger partial charge in [0.05, 0.1) is 16.4 Å². The topological polar surface area (TPSA) is 76.0 Å². The molecule has 0 radical (unpaired) electrons. The van der Waals surface area contributed by atoms with Crippen LogP contribution in [-0.4, -0.2) is 21.9 Å². The van der Waals surface area contributed by atoms with Crippen LogP contribution in [0.5, 0.6) is 0 Å². The van der Waals surface area contributed by atoms with Crippen molar-refractivity contribution in [2.24, 2.45) is 0 Å². The molecule has 0 aliphatic rings. The fourth-order valence-electron chi connectivity index (χ4n) is 2.53. The minimum Gasteiger partial charge on any atom is -0.287 e. The maximum atomic E-state index is 12.5. The minimum atomic E-state index is -0.761. The Labute approximate surface area is 179 Å². The first-order valence-electron chi connectivity index (χ1n) is 7.85. The van der Waals surface area contributed by atoms with E-state index in [0.717, 1.165) is 4.90 Å². The van der Waals surface area contributed by atoms with Gasteiger partial charge in [0.25, 0.3) is 5.91 Å². The number of aromatic nitrogens is 2. The van der Waals surface area contributed by atoms with Crippen LogP contribution in [-0.2, 0) is 0 Å². The van der Waals surface area contributed by atoms with Crippen molar-refractivity contribution in [1.82, 2.24) is 20.2 Å². The average Bonchev–Trinajstić information content (AvgIpc) is 2.68. The highest BCUT2D eigenvalue weighted by atomic mass is 35.5. The number of hydrogen-bond donors (Lipinski definition) is 2. The Kier molecular flexibility index (Phi) is 6.64. The van der Waals surface area contributed by atoms with Crippen molar-refractivity contribution in [3.05, 3.63) is 74.5 Å². The maximum absolute atomic E-state index is 12.5. The smallest absolute Gasteiger partial charge is 0.287 e. The lowest BCUT2D eigenvalue weighted by Crippen LogP contribution is -2.36. The van der Waals surface area contributed by atoms with E-state index in [1.807, 2.05) is 35.5 Å². The van der Waals surface area contributed by atoms with Gasteiger partial charge < -0.3 is 0 Å². The number of thioether (sulfide) groups is 1. The molecule has 1 heterocycles. The first-order valence-corrected chi connectivity index (χ1v) is 10.2. The third kappa shape index (κ3) is 4.34. The number of amides is 1. The van der Waals surface area contributed by atoms with Gasteiger partial charge in [0.2, 0.25) is 5.43 Å². The number of benzene rings is 2.